The summed E-state index contributed by atoms with van der Waals surface area (Å²) < 4.78 is 1.33. The predicted octanol–water partition coefficient (Wildman–Crippen LogP) is 2.65. The maximum atomic E-state index is 12.3. The number of anilines is 2. The summed E-state index contributed by atoms with van der Waals surface area (Å²) in [5.41, 5.74) is 1.35. The minimum absolute atomic E-state index is 0.150. The van der Waals surface area contributed by atoms with Gasteiger partial charge >= 0.3 is 5.97 Å². The topological polar surface area (TPSA) is 87.5 Å². The van der Waals surface area contributed by atoms with E-state index in [0.717, 1.165) is 5.69 Å². The van der Waals surface area contributed by atoms with Crippen LogP contribution in [0.5, 0.6) is 0 Å². The lowest BCUT2D eigenvalue weighted by Gasteiger charge is -2.22. The summed E-state index contributed by atoms with van der Waals surface area (Å²) in [5, 5.41) is 11.6. The van der Waals surface area contributed by atoms with Gasteiger partial charge in [-0.3, -0.25) is 4.79 Å². The summed E-state index contributed by atoms with van der Waals surface area (Å²) in [4.78, 5) is 29.1. The van der Waals surface area contributed by atoms with Crippen molar-refractivity contribution in [1.82, 2.24) is 9.55 Å². The Morgan fingerprint density at radius 3 is 2.28 bits per heavy atom. The van der Waals surface area contributed by atoms with Gasteiger partial charge in [-0.25, -0.2) is 9.78 Å². The van der Waals surface area contributed by atoms with E-state index < -0.39 is 5.97 Å². The first-order valence-electron chi connectivity index (χ1n) is 7.51. The molecule has 2 N–H and O–H groups in total. The van der Waals surface area contributed by atoms with Crippen molar-refractivity contribution >= 4 is 46.6 Å². The fraction of sp³-hybridized carbons (Fsp3) is 0.312. The molecular formula is C16H18Cl2N4O3. The molecule has 134 valence electrons. The van der Waals surface area contributed by atoms with Crippen LogP contribution in [0.4, 0.5) is 11.5 Å². The van der Waals surface area contributed by atoms with Crippen molar-refractivity contribution in [3.63, 3.8) is 0 Å². The number of halogens is 2. The number of carboxylic acid groups (broad SMARTS) is 1. The number of hydrogen-bond acceptors (Lipinski definition) is 4. The number of benzene rings is 1. The zero-order valence-electron chi connectivity index (χ0n) is 13.6. The SMILES string of the molecule is Cn1cc(NC(=O)c2ccc(N(CCCl)CCCl)cc2)nc1C(=O)O. The van der Waals surface area contributed by atoms with Crippen LogP contribution >= 0.6 is 23.2 Å². The Hall–Kier alpha value is -2.25. The quantitative estimate of drug-likeness (QED) is 0.683. The van der Waals surface area contributed by atoms with E-state index in [0.29, 0.717) is 30.4 Å². The van der Waals surface area contributed by atoms with E-state index in [-0.39, 0.29) is 17.5 Å². The Kier molecular flexibility index (Phi) is 6.66. The van der Waals surface area contributed by atoms with Gasteiger partial charge in [-0.15, -0.1) is 23.2 Å². The predicted molar refractivity (Wildman–Crippen MR) is 98.2 cm³/mol. The molecule has 1 aromatic carbocycles. The average Bonchev–Trinajstić information content (AvgIpc) is 2.95. The molecule has 0 atom stereocenters. The average molecular weight is 385 g/mol. The Labute approximate surface area is 155 Å². The molecule has 2 aromatic rings. The van der Waals surface area contributed by atoms with Crippen molar-refractivity contribution in [2.75, 3.05) is 35.1 Å². The van der Waals surface area contributed by atoms with E-state index in [2.05, 4.69) is 10.3 Å². The van der Waals surface area contributed by atoms with E-state index in [9.17, 15) is 9.59 Å². The molecule has 0 aliphatic carbocycles. The smallest absolute Gasteiger partial charge is 0.372 e. The summed E-state index contributed by atoms with van der Waals surface area (Å²) in [7, 11) is 1.54. The number of carboxylic acids is 1. The largest absolute Gasteiger partial charge is 0.475 e. The lowest BCUT2D eigenvalue weighted by molar-refractivity contribution is 0.0679. The van der Waals surface area contributed by atoms with E-state index in [1.54, 1.807) is 19.2 Å². The van der Waals surface area contributed by atoms with Gasteiger partial charge in [0.1, 0.15) is 0 Å². The molecule has 1 aromatic heterocycles. The molecular weight excluding hydrogens is 367 g/mol. The van der Waals surface area contributed by atoms with Crippen LogP contribution in [0.25, 0.3) is 0 Å². The first-order valence-corrected chi connectivity index (χ1v) is 8.58. The third-order valence-electron chi connectivity index (χ3n) is 3.51. The minimum Gasteiger partial charge on any atom is -0.475 e. The van der Waals surface area contributed by atoms with Crippen LogP contribution in [0.1, 0.15) is 21.0 Å². The Morgan fingerprint density at radius 2 is 1.80 bits per heavy atom. The third-order valence-corrected chi connectivity index (χ3v) is 3.85. The van der Waals surface area contributed by atoms with Gasteiger partial charge in [0.15, 0.2) is 5.82 Å². The van der Waals surface area contributed by atoms with Gasteiger partial charge in [-0.2, -0.15) is 0 Å². The highest BCUT2D eigenvalue weighted by Crippen LogP contribution is 2.17. The molecule has 0 aliphatic heterocycles. The third kappa shape index (κ3) is 4.87. The van der Waals surface area contributed by atoms with Gasteiger partial charge in [0.25, 0.3) is 5.91 Å². The number of alkyl halides is 2. The highest BCUT2D eigenvalue weighted by Gasteiger charge is 2.15. The van der Waals surface area contributed by atoms with Crippen molar-refractivity contribution in [2.45, 2.75) is 0 Å². The number of imidazole rings is 1. The minimum atomic E-state index is -1.16. The van der Waals surface area contributed by atoms with E-state index in [4.69, 9.17) is 28.3 Å². The molecule has 1 amide bonds. The van der Waals surface area contributed by atoms with Crippen molar-refractivity contribution in [3.05, 3.63) is 41.9 Å². The summed E-state index contributed by atoms with van der Waals surface area (Å²) in [6, 6.07) is 6.99. The number of aromatic nitrogens is 2. The lowest BCUT2D eigenvalue weighted by Crippen LogP contribution is -2.27. The highest BCUT2D eigenvalue weighted by atomic mass is 35.5. The molecule has 2 rings (SSSR count). The summed E-state index contributed by atoms with van der Waals surface area (Å²) in [6.45, 7) is 1.32. The van der Waals surface area contributed by atoms with Gasteiger partial charge in [0.05, 0.1) is 0 Å². The lowest BCUT2D eigenvalue weighted by atomic mass is 10.2. The molecule has 0 radical (unpaired) electrons. The summed E-state index contributed by atoms with van der Waals surface area (Å²) >= 11 is 11.6. The van der Waals surface area contributed by atoms with Crippen LogP contribution in [0.2, 0.25) is 0 Å². The zero-order valence-corrected chi connectivity index (χ0v) is 15.1. The van der Waals surface area contributed by atoms with Crippen molar-refractivity contribution in [1.29, 1.82) is 0 Å². The molecule has 0 fully saturated rings. The van der Waals surface area contributed by atoms with Crippen LogP contribution in [0, 0.1) is 0 Å². The van der Waals surface area contributed by atoms with Crippen LogP contribution in [-0.4, -0.2) is 51.4 Å². The van der Waals surface area contributed by atoms with Gasteiger partial charge < -0.3 is 19.9 Å². The molecule has 25 heavy (non-hydrogen) atoms. The number of rotatable bonds is 8. The van der Waals surface area contributed by atoms with Gasteiger partial charge in [-0.05, 0) is 24.3 Å². The van der Waals surface area contributed by atoms with Crippen LogP contribution in [-0.2, 0) is 7.05 Å². The molecule has 0 aliphatic rings. The summed E-state index contributed by atoms with van der Waals surface area (Å²) in [5.74, 6) is -0.549. The number of nitrogens with one attached hydrogen (secondary N) is 1. The molecule has 0 saturated heterocycles. The van der Waals surface area contributed by atoms with Crippen LogP contribution in [0.3, 0.4) is 0 Å². The maximum Gasteiger partial charge on any atom is 0.372 e. The molecule has 7 nitrogen and oxygen atoms in total. The molecule has 0 bridgehead atoms. The number of carbonyl (C=O) groups excluding carboxylic acids is 1. The monoisotopic (exact) mass is 384 g/mol. The Balaban J connectivity index is 2.09. The normalized spacial score (nSPS) is 10.5. The fourth-order valence-electron chi connectivity index (χ4n) is 2.31. The van der Waals surface area contributed by atoms with Crippen molar-refractivity contribution in [2.24, 2.45) is 7.05 Å². The van der Waals surface area contributed by atoms with Gasteiger partial charge in [0, 0.05) is 49.3 Å². The fourth-order valence-corrected chi connectivity index (χ4v) is 2.72. The summed E-state index contributed by atoms with van der Waals surface area (Å²) in [6.07, 6.45) is 1.44. The molecule has 9 heteroatoms. The van der Waals surface area contributed by atoms with Crippen molar-refractivity contribution < 1.29 is 14.7 Å². The standard InChI is InChI=1S/C16H18Cl2N4O3/c1-21-10-13(19-14(21)16(24)25)20-15(23)11-2-4-12(5-3-11)22(8-6-17)9-7-18/h2-5,10H,6-9H2,1H3,(H,20,23)(H,24,25). The van der Waals surface area contributed by atoms with Crippen LogP contribution in [0.15, 0.2) is 30.5 Å². The van der Waals surface area contributed by atoms with Gasteiger partial charge in [0.2, 0.25) is 5.82 Å². The number of aromatic carboxylic acids is 1. The number of hydrogen-bond donors (Lipinski definition) is 2. The Morgan fingerprint density at radius 1 is 1.20 bits per heavy atom. The van der Waals surface area contributed by atoms with Gasteiger partial charge in [-0.1, -0.05) is 0 Å². The zero-order chi connectivity index (χ0) is 18.4. The molecule has 1 heterocycles. The second-order valence-electron chi connectivity index (χ2n) is 5.23. The molecule has 0 saturated carbocycles. The first kappa shape index (κ1) is 19.1. The number of nitrogens with zero attached hydrogens (tertiary/aromatic N) is 3. The van der Waals surface area contributed by atoms with Crippen molar-refractivity contribution in [3.8, 4) is 0 Å². The number of amides is 1. The molecule has 0 spiro atoms. The second kappa shape index (κ2) is 8.73. The van der Waals surface area contributed by atoms with E-state index >= 15 is 0 Å². The van der Waals surface area contributed by atoms with Crippen LogP contribution < -0.4 is 10.2 Å². The first-order chi connectivity index (χ1) is 12.0. The van der Waals surface area contributed by atoms with E-state index in [1.165, 1.54) is 10.8 Å². The molecule has 0 unspecified atom stereocenters. The Bertz CT molecular complexity index is 740. The number of carbonyl (C=O) groups is 2. The highest BCUT2D eigenvalue weighted by molar-refractivity contribution is 6.18. The van der Waals surface area contributed by atoms with E-state index in [1.807, 2.05) is 17.0 Å². The maximum absolute atomic E-state index is 12.3. The second-order valence-corrected chi connectivity index (χ2v) is 5.99. The number of aryl methyl sites for hydroxylation is 1.